The van der Waals surface area contributed by atoms with Crippen molar-refractivity contribution in [3.8, 4) is 5.88 Å². The summed E-state index contributed by atoms with van der Waals surface area (Å²) in [5.74, 6) is 0.131. The topological polar surface area (TPSA) is 118 Å². The number of nitro groups is 1. The van der Waals surface area contributed by atoms with Crippen LogP contribution in [0.5, 0.6) is 5.88 Å². The zero-order valence-corrected chi connectivity index (χ0v) is 10.1. The summed E-state index contributed by atoms with van der Waals surface area (Å²) in [6.45, 7) is 0.705. The molecule has 1 aromatic heterocycles. The van der Waals surface area contributed by atoms with Crippen LogP contribution in [0, 0.1) is 10.1 Å². The van der Waals surface area contributed by atoms with E-state index in [1.165, 1.54) is 26.2 Å². The lowest BCUT2D eigenvalue weighted by molar-refractivity contribution is -0.384. The van der Waals surface area contributed by atoms with Gasteiger partial charge in [0, 0.05) is 12.1 Å². The molecule has 8 nitrogen and oxygen atoms in total. The molecule has 0 aliphatic rings. The molecule has 0 radical (unpaired) electrons. The van der Waals surface area contributed by atoms with E-state index in [4.69, 9.17) is 14.9 Å². The maximum atomic E-state index is 10.8. The molecular weight excluding hydrogens is 242 g/mol. The predicted molar refractivity (Wildman–Crippen MR) is 63.6 cm³/mol. The Bertz CT molecular complexity index is 434. The van der Waals surface area contributed by atoms with Crippen molar-refractivity contribution in [3.05, 3.63) is 22.2 Å². The smallest absolute Gasteiger partial charge is 0.311 e. The quantitative estimate of drug-likeness (QED) is 0.490. The Balaban J connectivity index is 3.15. The number of aromatic nitrogens is 1. The fourth-order valence-electron chi connectivity index (χ4n) is 1.20. The Morgan fingerprint density at radius 3 is 2.56 bits per heavy atom. The highest BCUT2D eigenvalue weighted by Gasteiger charge is 2.27. The second-order valence-electron chi connectivity index (χ2n) is 3.98. The van der Waals surface area contributed by atoms with Crippen LogP contribution >= 0.6 is 0 Å². The zero-order chi connectivity index (χ0) is 13.8. The van der Waals surface area contributed by atoms with Crippen LogP contribution in [-0.2, 0) is 0 Å². The minimum atomic E-state index is -1.11. The molecular formula is C10H15N3O5. The Kier molecular flexibility index (Phi) is 4.40. The minimum Gasteiger partial charge on any atom is -0.481 e. The number of hydrogen-bond donors (Lipinski definition) is 3. The largest absolute Gasteiger partial charge is 0.481 e. The summed E-state index contributed by atoms with van der Waals surface area (Å²) in [6.07, 6.45) is 0. The monoisotopic (exact) mass is 257 g/mol. The van der Waals surface area contributed by atoms with Gasteiger partial charge in [0.15, 0.2) is 0 Å². The molecule has 0 saturated heterocycles. The van der Waals surface area contributed by atoms with Crippen LogP contribution in [0.25, 0.3) is 0 Å². The molecule has 1 heterocycles. The number of anilines is 1. The first-order chi connectivity index (χ1) is 8.45. The van der Waals surface area contributed by atoms with Crippen LogP contribution in [0.4, 0.5) is 11.5 Å². The van der Waals surface area contributed by atoms with E-state index in [1.54, 1.807) is 0 Å². The summed E-state index contributed by atoms with van der Waals surface area (Å²) >= 11 is 0. The van der Waals surface area contributed by atoms with Crippen molar-refractivity contribution in [2.45, 2.75) is 12.5 Å². The zero-order valence-electron chi connectivity index (χ0n) is 10.1. The molecule has 3 N–H and O–H groups in total. The van der Waals surface area contributed by atoms with E-state index < -0.39 is 23.7 Å². The van der Waals surface area contributed by atoms with E-state index in [0.29, 0.717) is 0 Å². The van der Waals surface area contributed by atoms with Crippen molar-refractivity contribution >= 4 is 11.5 Å². The molecule has 0 aliphatic heterocycles. The summed E-state index contributed by atoms with van der Waals surface area (Å²) in [5.41, 5.74) is -1.37. The minimum absolute atomic E-state index is 0.0649. The highest BCUT2D eigenvalue weighted by atomic mass is 16.6. The maximum absolute atomic E-state index is 10.8. The lowest BCUT2D eigenvalue weighted by atomic mass is 10.1. The highest BCUT2D eigenvalue weighted by Crippen LogP contribution is 2.27. The third-order valence-corrected chi connectivity index (χ3v) is 2.37. The number of aliphatic hydroxyl groups is 2. The average molecular weight is 257 g/mol. The Hall–Kier alpha value is -1.93. The van der Waals surface area contributed by atoms with Gasteiger partial charge in [0.05, 0.1) is 30.8 Å². The van der Waals surface area contributed by atoms with Crippen LogP contribution in [0.1, 0.15) is 6.92 Å². The molecule has 8 heteroatoms. The van der Waals surface area contributed by atoms with Gasteiger partial charge >= 0.3 is 5.69 Å². The van der Waals surface area contributed by atoms with Gasteiger partial charge in [-0.3, -0.25) is 10.1 Å². The van der Waals surface area contributed by atoms with Crippen LogP contribution in [-0.4, -0.2) is 46.0 Å². The first-order valence-corrected chi connectivity index (χ1v) is 5.15. The number of nitrogens with one attached hydrogen (secondary N) is 1. The third-order valence-electron chi connectivity index (χ3n) is 2.37. The van der Waals surface area contributed by atoms with Crippen LogP contribution < -0.4 is 10.1 Å². The molecule has 18 heavy (non-hydrogen) atoms. The van der Waals surface area contributed by atoms with Crippen molar-refractivity contribution in [3.63, 3.8) is 0 Å². The van der Waals surface area contributed by atoms with Crippen molar-refractivity contribution in [2.24, 2.45) is 0 Å². The van der Waals surface area contributed by atoms with E-state index in [2.05, 4.69) is 10.3 Å². The standard InChI is InChI=1S/C10H15N3O5/c1-10(5-14,6-15)12-9-7(13(16)17)3-4-8(11-9)18-2/h3-4,14-15H,5-6H2,1-2H3,(H,11,12). The van der Waals surface area contributed by atoms with Crippen molar-refractivity contribution < 1.29 is 19.9 Å². The number of ether oxygens (including phenoxy) is 1. The molecule has 0 unspecified atom stereocenters. The fourth-order valence-corrected chi connectivity index (χ4v) is 1.20. The normalized spacial score (nSPS) is 11.1. The fraction of sp³-hybridized carbons (Fsp3) is 0.500. The van der Waals surface area contributed by atoms with E-state index >= 15 is 0 Å². The predicted octanol–water partition coefficient (Wildman–Crippen LogP) is 0.154. The molecule has 0 aliphatic carbocycles. The molecule has 0 spiro atoms. The molecule has 0 amide bonds. The van der Waals surface area contributed by atoms with Gasteiger partial charge in [-0.15, -0.1) is 0 Å². The third kappa shape index (κ3) is 3.05. The van der Waals surface area contributed by atoms with E-state index in [-0.39, 0.29) is 17.4 Å². The maximum Gasteiger partial charge on any atom is 0.311 e. The number of methoxy groups -OCH3 is 1. The van der Waals surface area contributed by atoms with Gasteiger partial charge in [-0.25, -0.2) is 0 Å². The number of rotatable bonds is 6. The lowest BCUT2D eigenvalue weighted by Crippen LogP contribution is -2.43. The van der Waals surface area contributed by atoms with Gasteiger partial charge in [0.25, 0.3) is 0 Å². The van der Waals surface area contributed by atoms with Gasteiger partial charge < -0.3 is 20.3 Å². The summed E-state index contributed by atoms with van der Waals surface area (Å²) < 4.78 is 4.87. The molecule has 1 rings (SSSR count). The first kappa shape index (κ1) is 14.1. The second-order valence-corrected chi connectivity index (χ2v) is 3.98. The van der Waals surface area contributed by atoms with Gasteiger partial charge in [-0.2, -0.15) is 4.98 Å². The number of nitrogens with zero attached hydrogens (tertiary/aromatic N) is 2. The molecule has 0 saturated carbocycles. The van der Waals surface area contributed by atoms with Gasteiger partial charge in [-0.05, 0) is 6.92 Å². The number of aliphatic hydroxyl groups excluding tert-OH is 2. The highest BCUT2D eigenvalue weighted by molar-refractivity contribution is 5.58. The van der Waals surface area contributed by atoms with Crippen LogP contribution in [0.2, 0.25) is 0 Å². The summed E-state index contributed by atoms with van der Waals surface area (Å²) in [7, 11) is 1.38. The molecule has 1 aromatic rings. The van der Waals surface area contributed by atoms with Crippen molar-refractivity contribution in [1.82, 2.24) is 4.98 Å². The molecule has 100 valence electrons. The summed E-state index contributed by atoms with van der Waals surface area (Å²) in [4.78, 5) is 14.1. The Labute approximate surface area is 103 Å². The lowest BCUT2D eigenvalue weighted by Gasteiger charge is -2.26. The number of hydrogen-bond acceptors (Lipinski definition) is 7. The van der Waals surface area contributed by atoms with Crippen LogP contribution in [0.3, 0.4) is 0 Å². The van der Waals surface area contributed by atoms with E-state index in [0.717, 1.165) is 0 Å². The summed E-state index contributed by atoms with van der Waals surface area (Å²) in [5, 5.41) is 31.8. The van der Waals surface area contributed by atoms with Gasteiger partial charge in [0.1, 0.15) is 0 Å². The Morgan fingerprint density at radius 1 is 1.50 bits per heavy atom. The molecule has 0 fully saturated rings. The SMILES string of the molecule is COc1ccc([N+](=O)[O-])c(NC(C)(CO)CO)n1. The first-order valence-electron chi connectivity index (χ1n) is 5.15. The van der Waals surface area contributed by atoms with Crippen molar-refractivity contribution in [2.75, 3.05) is 25.6 Å². The average Bonchev–Trinajstić information content (AvgIpc) is 2.38. The molecule has 0 aromatic carbocycles. The van der Waals surface area contributed by atoms with Gasteiger partial charge in [0.2, 0.25) is 11.7 Å². The Morgan fingerprint density at radius 2 is 2.11 bits per heavy atom. The van der Waals surface area contributed by atoms with Gasteiger partial charge in [-0.1, -0.05) is 0 Å². The molecule has 0 bridgehead atoms. The van der Waals surface area contributed by atoms with Crippen molar-refractivity contribution in [1.29, 1.82) is 0 Å². The van der Waals surface area contributed by atoms with E-state index in [1.807, 2.05) is 0 Å². The summed E-state index contributed by atoms with van der Waals surface area (Å²) in [6, 6.07) is 2.60. The van der Waals surface area contributed by atoms with E-state index in [9.17, 15) is 10.1 Å². The second kappa shape index (κ2) is 5.61. The number of pyridine rings is 1. The van der Waals surface area contributed by atoms with Crippen LogP contribution in [0.15, 0.2) is 12.1 Å². The molecule has 0 atom stereocenters.